The third-order valence-corrected chi connectivity index (χ3v) is 3.81. The van der Waals surface area contributed by atoms with Crippen LogP contribution in [0, 0.1) is 0 Å². The molecule has 1 atom stereocenters. The van der Waals surface area contributed by atoms with Crippen LogP contribution in [0.3, 0.4) is 0 Å². The summed E-state index contributed by atoms with van der Waals surface area (Å²) in [6.45, 7) is 2.95. The highest BCUT2D eigenvalue weighted by molar-refractivity contribution is 5.78. The second-order valence-electron chi connectivity index (χ2n) is 5.12. The molecule has 106 valence electrons. The Balaban J connectivity index is 1.52. The Morgan fingerprint density at radius 3 is 2.90 bits per heavy atom. The summed E-state index contributed by atoms with van der Waals surface area (Å²) in [6, 6.07) is 9.86. The fraction of sp³-hybridized carbons (Fsp3) is 0.429. The van der Waals surface area contributed by atoms with Crippen LogP contribution in [-0.4, -0.2) is 54.1 Å². The van der Waals surface area contributed by atoms with E-state index in [4.69, 9.17) is 0 Å². The van der Waals surface area contributed by atoms with Gasteiger partial charge in [0, 0.05) is 32.7 Å². The first-order chi connectivity index (χ1) is 9.74. The van der Waals surface area contributed by atoms with Gasteiger partial charge < -0.3 is 20.4 Å². The van der Waals surface area contributed by atoms with Crippen molar-refractivity contribution in [2.24, 2.45) is 0 Å². The molecule has 0 aliphatic carbocycles. The van der Waals surface area contributed by atoms with E-state index in [1.165, 1.54) is 0 Å². The van der Waals surface area contributed by atoms with Crippen molar-refractivity contribution in [3.63, 3.8) is 0 Å². The standard InChI is InChI=1S/C14H18N4O2/c19-13(15-8-11-4-2-1-3-5-11)17-6-7-18-12(10-17)9-16-14(18)20/h1-5,12H,6-10H2,(H,15,19)(H,16,20). The number of carbonyl (C=O) groups excluding carboxylic acids is 2. The van der Waals surface area contributed by atoms with Crippen molar-refractivity contribution in [2.45, 2.75) is 12.6 Å². The van der Waals surface area contributed by atoms with Crippen molar-refractivity contribution in [1.82, 2.24) is 20.4 Å². The van der Waals surface area contributed by atoms with E-state index in [1.807, 2.05) is 30.3 Å². The van der Waals surface area contributed by atoms with Gasteiger partial charge in [-0.2, -0.15) is 0 Å². The maximum Gasteiger partial charge on any atom is 0.317 e. The van der Waals surface area contributed by atoms with Gasteiger partial charge in [0.25, 0.3) is 0 Å². The zero-order valence-corrected chi connectivity index (χ0v) is 11.2. The number of nitrogens with zero attached hydrogens (tertiary/aromatic N) is 2. The largest absolute Gasteiger partial charge is 0.336 e. The maximum atomic E-state index is 12.1. The van der Waals surface area contributed by atoms with Gasteiger partial charge in [0.05, 0.1) is 6.04 Å². The smallest absolute Gasteiger partial charge is 0.317 e. The molecule has 3 rings (SSSR count). The van der Waals surface area contributed by atoms with E-state index in [0.29, 0.717) is 32.7 Å². The van der Waals surface area contributed by atoms with E-state index in [0.717, 1.165) is 5.56 Å². The quantitative estimate of drug-likeness (QED) is 0.829. The van der Waals surface area contributed by atoms with Gasteiger partial charge in [0.2, 0.25) is 0 Å². The fourth-order valence-corrected chi connectivity index (χ4v) is 2.67. The summed E-state index contributed by atoms with van der Waals surface area (Å²) >= 11 is 0. The summed E-state index contributed by atoms with van der Waals surface area (Å²) in [7, 11) is 0. The number of hydrogen-bond acceptors (Lipinski definition) is 2. The molecule has 6 heteroatoms. The van der Waals surface area contributed by atoms with E-state index in [-0.39, 0.29) is 18.1 Å². The molecular formula is C14H18N4O2. The predicted octanol–water partition coefficient (Wildman–Crippen LogP) is 0.606. The number of carbonyl (C=O) groups is 2. The zero-order chi connectivity index (χ0) is 13.9. The van der Waals surface area contributed by atoms with Crippen molar-refractivity contribution in [3.8, 4) is 0 Å². The molecule has 20 heavy (non-hydrogen) atoms. The lowest BCUT2D eigenvalue weighted by Gasteiger charge is -2.36. The Morgan fingerprint density at radius 2 is 2.10 bits per heavy atom. The normalized spacial score (nSPS) is 21.4. The van der Waals surface area contributed by atoms with E-state index >= 15 is 0 Å². The molecule has 0 bridgehead atoms. The molecule has 2 heterocycles. The molecule has 2 fully saturated rings. The number of hydrogen-bond donors (Lipinski definition) is 2. The van der Waals surface area contributed by atoms with Crippen molar-refractivity contribution in [1.29, 1.82) is 0 Å². The highest BCUT2D eigenvalue weighted by atomic mass is 16.2. The van der Waals surface area contributed by atoms with E-state index in [1.54, 1.807) is 9.80 Å². The summed E-state index contributed by atoms with van der Waals surface area (Å²) in [5.41, 5.74) is 1.08. The lowest BCUT2D eigenvalue weighted by Crippen LogP contribution is -2.55. The Bertz CT molecular complexity index is 505. The lowest BCUT2D eigenvalue weighted by molar-refractivity contribution is 0.129. The van der Waals surface area contributed by atoms with Crippen LogP contribution in [0.15, 0.2) is 30.3 Å². The average Bonchev–Trinajstić information content (AvgIpc) is 2.87. The van der Waals surface area contributed by atoms with Crippen LogP contribution in [-0.2, 0) is 6.54 Å². The van der Waals surface area contributed by atoms with E-state index in [2.05, 4.69) is 10.6 Å². The van der Waals surface area contributed by atoms with Crippen LogP contribution in [0.4, 0.5) is 9.59 Å². The number of rotatable bonds is 2. The third-order valence-electron chi connectivity index (χ3n) is 3.81. The number of benzene rings is 1. The van der Waals surface area contributed by atoms with Crippen LogP contribution in [0.1, 0.15) is 5.56 Å². The lowest BCUT2D eigenvalue weighted by atomic mass is 10.2. The monoisotopic (exact) mass is 274 g/mol. The molecule has 1 aromatic carbocycles. The zero-order valence-electron chi connectivity index (χ0n) is 11.2. The molecule has 6 nitrogen and oxygen atoms in total. The molecular weight excluding hydrogens is 256 g/mol. The number of urea groups is 2. The van der Waals surface area contributed by atoms with E-state index < -0.39 is 0 Å². The van der Waals surface area contributed by atoms with Crippen molar-refractivity contribution in [3.05, 3.63) is 35.9 Å². The van der Waals surface area contributed by atoms with Crippen LogP contribution in [0.25, 0.3) is 0 Å². The first-order valence-corrected chi connectivity index (χ1v) is 6.85. The molecule has 2 aliphatic heterocycles. The SMILES string of the molecule is O=C(NCc1ccccc1)N1CCN2C(=O)NCC2C1. The van der Waals surface area contributed by atoms with Gasteiger partial charge in [0.1, 0.15) is 0 Å². The van der Waals surface area contributed by atoms with Gasteiger partial charge >= 0.3 is 12.1 Å². The van der Waals surface area contributed by atoms with Gasteiger partial charge in [-0.1, -0.05) is 30.3 Å². The summed E-state index contributed by atoms with van der Waals surface area (Å²) in [5.74, 6) is 0. The average molecular weight is 274 g/mol. The van der Waals surface area contributed by atoms with Crippen molar-refractivity contribution in [2.75, 3.05) is 26.2 Å². The van der Waals surface area contributed by atoms with Crippen molar-refractivity contribution >= 4 is 12.1 Å². The Kier molecular flexibility index (Phi) is 3.45. The Morgan fingerprint density at radius 1 is 1.30 bits per heavy atom. The number of nitrogens with one attached hydrogen (secondary N) is 2. The number of amides is 4. The topological polar surface area (TPSA) is 64.7 Å². The minimum atomic E-state index is -0.0622. The van der Waals surface area contributed by atoms with Crippen LogP contribution in [0.2, 0.25) is 0 Å². The summed E-state index contributed by atoms with van der Waals surface area (Å²) in [5, 5.41) is 5.73. The molecule has 1 aromatic rings. The molecule has 4 amide bonds. The molecule has 2 aliphatic rings. The van der Waals surface area contributed by atoms with Crippen LogP contribution >= 0.6 is 0 Å². The van der Waals surface area contributed by atoms with Crippen LogP contribution in [0.5, 0.6) is 0 Å². The van der Waals surface area contributed by atoms with Gasteiger partial charge in [-0.15, -0.1) is 0 Å². The van der Waals surface area contributed by atoms with E-state index in [9.17, 15) is 9.59 Å². The molecule has 2 saturated heterocycles. The molecule has 0 radical (unpaired) electrons. The van der Waals surface area contributed by atoms with Gasteiger partial charge in [-0.05, 0) is 5.56 Å². The number of piperazine rings is 1. The third kappa shape index (κ3) is 2.54. The number of fused-ring (bicyclic) bond motifs is 1. The minimum Gasteiger partial charge on any atom is -0.336 e. The van der Waals surface area contributed by atoms with Gasteiger partial charge in [0.15, 0.2) is 0 Å². The summed E-state index contributed by atoms with van der Waals surface area (Å²) in [4.78, 5) is 27.2. The fourth-order valence-electron chi connectivity index (χ4n) is 2.67. The molecule has 0 aromatic heterocycles. The molecule has 1 unspecified atom stereocenters. The van der Waals surface area contributed by atoms with Crippen molar-refractivity contribution < 1.29 is 9.59 Å². The summed E-state index contributed by atoms with van der Waals surface area (Å²) < 4.78 is 0. The summed E-state index contributed by atoms with van der Waals surface area (Å²) in [6.07, 6.45) is 0. The molecule has 0 saturated carbocycles. The maximum absolute atomic E-state index is 12.1. The molecule has 2 N–H and O–H groups in total. The first-order valence-electron chi connectivity index (χ1n) is 6.85. The Hall–Kier alpha value is -2.24. The minimum absolute atomic E-state index is 0.0145. The highest BCUT2D eigenvalue weighted by Gasteiger charge is 2.36. The van der Waals surface area contributed by atoms with Gasteiger partial charge in [-0.25, -0.2) is 9.59 Å². The second-order valence-corrected chi connectivity index (χ2v) is 5.12. The highest BCUT2D eigenvalue weighted by Crippen LogP contribution is 2.14. The van der Waals surface area contributed by atoms with Gasteiger partial charge in [-0.3, -0.25) is 0 Å². The first kappa shape index (κ1) is 12.8. The predicted molar refractivity (Wildman–Crippen MR) is 74.1 cm³/mol. The Labute approximate surface area is 117 Å². The molecule has 0 spiro atoms. The van der Waals surface area contributed by atoms with Crippen LogP contribution < -0.4 is 10.6 Å². The second kappa shape index (κ2) is 5.40.